The molecule has 3 aromatic carbocycles. The first-order chi connectivity index (χ1) is 17.2. The smallest absolute Gasteiger partial charge is 0.295 e. The van der Waals surface area contributed by atoms with Gasteiger partial charge in [0, 0.05) is 16.3 Å². The molecule has 8 nitrogen and oxygen atoms in total. The van der Waals surface area contributed by atoms with Crippen molar-refractivity contribution in [1.82, 2.24) is 0 Å². The van der Waals surface area contributed by atoms with E-state index in [1.165, 1.54) is 17.9 Å². The Bertz CT molecular complexity index is 1590. The minimum Gasteiger partial charge on any atom is -0.484 e. The molecule has 1 unspecified atom stereocenters. The predicted molar refractivity (Wildman–Crippen MR) is 134 cm³/mol. The molecule has 0 aliphatic carbocycles. The third-order valence-corrected chi connectivity index (χ3v) is 6.20. The maximum Gasteiger partial charge on any atom is 0.295 e. The van der Waals surface area contributed by atoms with Crippen LogP contribution in [0.15, 0.2) is 75.9 Å². The van der Waals surface area contributed by atoms with Gasteiger partial charge in [0.15, 0.2) is 17.8 Å². The molecule has 1 atom stereocenters. The van der Waals surface area contributed by atoms with Crippen LogP contribution in [0.25, 0.3) is 11.0 Å². The molecule has 180 valence electrons. The van der Waals surface area contributed by atoms with Crippen molar-refractivity contribution < 1.29 is 23.5 Å². The van der Waals surface area contributed by atoms with Crippen molar-refractivity contribution in [3.05, 3.63) is 104 Å². The Morgan fingerprint density at radius 3 is 2.36 bits per heavy atom. The van der Waals surface area contributed by atoms with E-state index in [1.807, 2.05) is 0 Å². The van der Waals surface area contributed by atoms with Crippen LogP contribution in [0.2, 0.25) is 5.02 Å². The van der Waals surface area contributed by atoms with E-state index in [0.29, 0.717) is 27.6 Å². The number of carbonyl (C=O) groups is 3. The molecule has 4 aromatic rings. The number of anilines is 1. The summed E-state index contributed by atoms with van der Waals surface area (Å²) in [4.78, 5) is 51.5. The molecular weight excluding hydrogens is 484 g/mol. The number of hydrogen-bond donors (Lipinski definition) is 1. The van der Waals surface area contributed by atoms with E-state index in [-0.39, 0.29) is 40.1 Å². The first-order valence-corrected chi connectivity index (χ1v) is 11.3. The van der Waals surface area contributed by atoms with E-state index in [1.54, 1.807) is 60.7 Å². The monoisotopic (exact) mass is 502 g/mol. The van der Waals surface area contributed by atoms with Crippen LogP contribution in [0.3, 0.4) is 0 Å². The molecule has 0 bridgehead atoms. The Hall–Kier alpha value is -4.43. The van der Waals surface area contributed by atoms with Crippen LogP contribution in [0.1, 0.15) is 45.0 Å². The first kappa shape index (κ1) is 23.3. The van der Waals surface area contributed by atoms with Gasteiger partial charge in [0.25, 0.3) is 11.8 Å². The van der Waals surface area contributed by atoms with Crippen molar-refractivity contribution in [2.75, 3.05) is 11.5 Å². The number of hydrogen-bond acceptors (Lipinski definition) is 6. The number of Topliss-reactive ketones (excluding diaryl/α,β-unsaturated/α-hetero) is 1. The second-order valence-electron chi connectivity index (χ2n) is 8.32. The van der Waals surface area contributed by atoms with Gasteiger partial charge < -0.3 is 14.9 Å². The number of primary amides is 1. The van der Waals surface area contributed by atoms with E-state index in [2.05, 4.69) is 0 Å². The Balaban J connectivity index is 1.68. The average molecular weight is 503 g/mol. The lowest BCUT2D eigenvalue weighted by Gasteiger charge is -2.25. The largest absolute Gasteiger partial charge is 0.484 e. The molecule has 1 aliphatic rings. The van der Waals surface area contributed by atoms with Crippen LogP contribution in [0.5, 0.6) is 5.75 Å². The second-order valence-corrected chi connectivity index (χ2v) is 8.76. The number of ether oxygens (including phenoxy) is 1. The Morgan fingerprint density at radius 1 is 1.03 bits per heavy atom. The average Bonchev–Trinajstić information content (AvgIpc) is 3.16. The van der Waals surface area contributed by atoms with E-state index in [9.17, 15) is 19.2 Å². The lowest BCUT2D eigenvalue weighted by Crippen LogP contribution is -2.29. The quantitative estimate of drug-likeness (QED) is 0.393. The van der Waals surface area contributed by atoms with Crippen LogP contribution in [-0.2, 0) is 4.79 Å². The zero-order chi connectivity index (χ0) is 25.6. The molecule has 1 aliphatic heterocycles. The van der Waals surface area contributed by atoms with Crippen molar-refractivity contribution in [3.8, 4) is 5.75 Å². The zero-order valence-electron chi connectivity index (χ0n) is 19.0. The van der Waals surface area contributed by atoms with Crippen molar-refractivity contribution in [2.45, 2.75) is 13.0 Å². The van der Waals surface area contributed by atoms with Gasteiger partial charge in [0.05, 0.1) is 17.0 Å². The molecule has 0 fully saturated rings. The molecule has 0 spiro atoms. The number of halogens is 1. The van der Waals surface area contributed by atoms with Crippen LogP contribution in [-0.4, -0.2) is 24.2 Å². The fraction of sp³-hybridized carbons (Fsp3) is 0.111. The fourth-order valence-corrected chi connectivity index (χ4v) is 4.46. The van der Waals surface area contributed by atoms with E-state index in [4.69, 9.17) is 26.5 Å². The minimum absolute atomic E-state index is 0.0653. The van der Waals surface area contributed by atoms with Crippen LogP contribution in [0.4, 0.5) is 5.69 Å². The summed E-state index contributed by atoms with van der Waals surface area (Å²) in [5, 5.41) is 0.623. The van der Waals surface area contributed by atoms with E-state index < -0.39 is 17.9 Å². The van der Waals surface area contributed by atoms with Gasteiger partial charge in [0.2, 0.25) is 5.76 Å². The van der Waals surface area contributed by atoms with Gasteiger partial charge in [-0.15, -0.1) is 0 Å². The molecule has 1 aromatic heterocycles. The molecule has 2 N–H and O–H groups in total. The van der Waals surface area contributed by atoms with Crippen molar-refractivity contribution in [1.29, 1.82) is 0 Å². The summed E-state index contributed by atoms with van der Waals surface area (Å²) in [6, 6.07) is 17.0. The summed E-state index contributed by atoms with van der Waals surface area (Å²) in [7, 11) is 0. The topological polar surface area (TPSA) is 120 Å². The van der Waals surface area contributed by atoms with Gasteiger partial charge in [-0.1, -0.05) is 23.7 Å². The third-order valence-electron chi connectivity index (χ3n) is 5.96. The van der Waals surface area contributed by atoms with E-state index >= 15 is 0 Å². The predicted octanol–water partition coefficient (Wildman–Crippen LogP) is 4.26. The number of nitrogens with two attached hydrogens (primary N) is 1. The highest BCUT2D eigenvalue weighted by atomic mass is 35.5. The fourth-order valence-electron chi connectivity index (χ4n) is 4.28. The van der Waals surface area contributed by atoms with Crippen molar-refractivity contribution in [2.24, 2.45) is 5.73 Å². The van der Waals surface area contributed by atoms with E-state index in [0.717, 1.165) is 0 Å². The second kappa shape index (κ2) is 8.98. The number of amides is 2. The molecule has 2 heterocycles. The molecule has 0 saturated carbocycles. The normalized spacial score (nSPS) is 14.7. The number of nitrogens with zero attached hydrogens (tertiary/aromatic N) is 1. The summed E-state index contributed by atoms with van der Waals surface area (Å²) in [6.07, 6.45) is 0. The number of carbonyl (C=O) groups excluding carboxylic acids is 3. The third kappa shape index (κ3) is 4.01. The molecule has 0 radical (unpaired) electrons. The van der Waals surface area contributed by atoms with Gasteiger partial charge in [-0.3, -0.25) is 24.1 Å². The highest BCUT2D eigenvalue weighted by Gasteiger charge is 2.43. The van der Waals surface area contributed by atoms with Gasteiger partial charge >= 0.3 is 0 Å². The number of fused-ring (bicyclic) bond motifs is 2. The molecule has 36 heavy (non-hydrogen) atoms. The van der Waals surface area contributed by atoms with Gasteiger partial charge in [-0.25, -0.2) is 0 Å². The minimum atomic E-state index is -0.819. The van der Waals surface area contributed by atoms with Crippen molar-refractivity contribution in [3.63, 3.8) is 0 Å². The highest BCUT2D eigenvalue weighted by molar-refractivity contribution is 6.31. The summed E-state index contributed by atoms with van der Waals surface area (Å²) in [5.41, 5.74) is 6.78. The number of ketones is 1. The summed E-state index contributed by atoms with van der Waals surface area (Å²) in [6.45, 7) is 1.17. The molecule has 5 rings (SSSR count). The molecule has 2 amide bonds. The highest BCUT2D eigenvalue weighted by Crippen LogP contribution is 2.41. The molecule has 0 saturated heterocycles. The van der Waals surface area contributed by atoms with Gasteiger partial charge in [-0.05, 0) is 67.1 Å². The Morgan fingerprint density at radius 2 is 1.72 bits per heavy atom. The Kier molecular flexibility index (Phi) is 5.81. The van der Waals surface area contributed by atoms with Crippen molar-refractivity contribution >= 4 is 45.9 Å². The number of rotatable bonds is 6. The van der Waals surface area contributed by atoms with Crippen LogP contribution < -0.4 is 20.8 Å². The molecule has 9 heteroatoms. The van der Waals surface area contributed by atoms with Gasteiger partial charge in [0.1, 0.15) is 11.3 Å². The van der Waals surface area contributed by atoms with Gasteiger partial charge in [-0.2, -0.15) is 0 Å². The van der Waals surface area contributed by atoms with Crippen LogP contribution in [0, 0.1) is 0 Å². The summed E-state index contributed by atoms with van der Waals surface area (Å²) < 4.78 is 11.3. The maximum atomic E-state index is 13.6. The zero-order valence-corrected chi connectivity index (χ0v) is 19.7. The standard InChI is InChI=1S/C27H19ClN2O6/c1-14(31)15-2-7-18(8-3-15)30-24(16-4-9-19(10-5-16)35-13-22(29)32)23-25(33)20-12-17(28)6-11-21(20)36-26(23)27(30)34/h2-12,24H,13H2,1H3,(H2,29,32). The first-order valence-electron chi connectivity index (χ1n) is 11.0. The number of benzene rings is 3. The Labute approximate surface area is 209 Å². The lowest BCUT2D eigenvalue weighted by molar-refractivity contribution is -0.119. The summed E-state index contributed by atoms with van der Waals surface area (Å²) >= 11 is 6.13. The summed E-state index contributed by atoms with van der Waals surface area (Å²) in [5.74, 6) is -0.881. The maximum absolute atomic E-state index is 13.6. The SMILES string of the molecule is CC(=O)c1ccc(N2C(=O)c3oc4ccc(Cl)cc4c(=O)c3C2c2ccc(OCC(N)=O)cc2)cc1. The molecular formula is C27H19ClN2O6. The lowest BCUT2D eigenvalue weighted by atomic mass is 9.98. The van der Waals surface area contributed by atoms with Crippen LogP contribution >= 0.6 is 11.6 Å².